The third-order valence-electron chi connectivity index (χ3n) is 14.3. The summed E-state index contributed by atoms with van der Waals surface area (Å²) in [7, 11) is 0. The van der Waals surface area contributed by atoms with Crippen molar-refractivity contribution < 1.29 is 35.9 Å². The molecule has 0 aromatic carbocycles. The number of hydrogen-bond donors (Lipinski definition) is 2. The molecule has 0 bridgehead atoms. The second-order valence-electron chi connectivity index (χ2n) is 19.7. The van der Waals surface area contributed by atoms with Gasteiger partial charge >= 0.3 is 17.8 Å². The molecule has 0 aromatic rings. The van der Waals surface area contributed by atoms with Gasteiger partial charge in [0.2, 0.25) is 11.8 Å². The van der Waals surface area contributed by atoms with Gasteiger partial charge in [-0.1, -0.05) is 181 Å². The molecule has 1 saturated carbocycles. The van der Waals surface area contributed by atoms with Crippen LogP contribution in [0.5, 0.6) is 0 Å². The number of thioether (sulfide) groups is 2. The maximum absolute atomic E-state index is 15.7. The first-order chi connectivity index (χ1) is 31.1. The van der Waals surface area contributed by atoms with E-state index in [4.69, 9.17) is 0 Å². The minimum atomic E-state index is -5.63. The predicted octanol–water partition coefficient (Wildman–Crippen LogP) is 17.0. The largest absolute Gasteiger partial charge is 0.380 e. The highest BCUT2D eigenvalue weighted by atomic mass is 32.2. The fourth-order valence-electron chi connectivity index (χ4n) is 10.0. The molecule has 4 nitrogen and oxygen atoms in total. The van der Waals surface area contributed by atoms with Crippen molar-refractivity contribution in [3.63, 3.8) is 0 Å². The van der Waals surface area contributed by atoms with Crippen LogP contribution in [0.2, 0.25) is 0 Å². The van der Waals surface area contributed by atoms with E-state index < -0.39 is 38.4 Å². The molecule has 2 unspecified atom stereocenters. The van der Waals surface area contributed by atoms with Crippen molar-refractivity contribution in [1.29, 1.82) is 0 Å². The first-order valence-electron chi connectivity index (χ1n) is 26.0. The summed E-state index contributed by atoms with van der Waals surface area (Å²) in [6.07, 6.45) is 37.8. The van der Waals surface area contributed by atoms with Gasteiger partial charge in [-0.2, -0.15) is 26.3 Å². The average Bonchev–Trinajstić information content (AvgIpc) is 3.83. The van der Waals surface area contributed by atoms with E-state index in [2.05, 4.69) is 24.5 Å². The molecule has 2 aliphatic carbocycles. The van der Waals surface area contributed by atoms with Crippen molar-refractivity contribution in [1.82, 2.24) is 10.6 Å². The Bertz CT molecular complexity index is 1530. The fraction of sp³-hybridized carbons (Fsp3) is 0.811. The molecule has 2 heterocycles. The van der Waals surface area contributed by atoms with E-state index in [1.54, 1.807) is 13.8 Å². The van der Waals surface area contributed by atoms with E-state index in [0.29, 0.717) is 22.9 Å². The van der Waals surface area contributed by atoms with E-state index >= 15 is 26.3 Å². The minimum absolute atomic E-state index is 0.0633. The second-order valence-corrected chi connectivity index (χ2v) is 22.8. The Labute approximate surface area is 398 Å². The normalized spacial score (nSPS) is 22.5. The maximum atomic E-state index is 15.7. The van der Waals surface area contributed by atoms with Crippen molar-refractivity contribution in [2.45, 2.75) is 260 Å². The van der Waals surface area contributed by atoms with Gasteiger partial charge in [0.25, 0.3) is 0 Å². The number of nitrogens with one attached hydrogen (secondary N) is 2. The van der Waals surface area contributed by atoms with Gasteiger partial charge < -0.3 is 10.6 Å². The van der Waals surface area contributed by atoms with E-state index in [1.165, 1.54) is 177 Å². The molecular weight excluding hydrogens is 875 g/mol. The van der Waals surface area contributed by atoms with Crippen LogP contribution < -0.4 is 10.6 Å². The van der Waals surface area contributed by atoms with Gasteiger partial charge in [-0.3, -0.25) is 9.59 Å². The van der Waals surface area contributed by atoms with Crippen molar-refractivity contribution in [3.8, 4) is 0 Å². The minimum Gasteiger partial charge on any atom is -0.356 e. The molecule has 0 saturated heterocycles. The first-order valence-corrected chi connectivity index (χ1v) is 27.7. The molecule has 2 aliphatic heterocycles. The van der Waals surface area contributed by atoms with Gasteiger partial charge in [-0.15, -0.1) is 23.5 Å². The second kappa shape index (κ2) is 27.4. The molecule has 2 amide bonds. The Balaban J connectivity index is 1.21. The predicted molar refractivity (Wildman–Crippen MR) is 262 cm³/mol. The summed E-state index contributed by atoms with van der Waals surface area (Å²) in [5.41, 5.74) is -3.04. The van der Waals surface area contributed by atoms with Crippen molar-refractivity contribution in [3.05, 3.63) is 44.3 Å². The van der Waals surface area contributed by atoms with Crippen LogP contribution in [0.4, 0.5) is 26.3 Å². The van der Waals surface area contributed by atoms with Crippen LogP contribution in [-0.4, -0.2) is 52.2 Å². The highest BCUT2D eigenvalue weighted by Crippen LogP contribution is 2.74. The van der Waals surface area contributed by atoms with Crippen LogP contribution in [0, 0.1) is 0 Å². The zero-order valence-electron chi connectivity index (χ0n) is 40.6. The van der Waals surface area contributed by atoms with E-state index in [1.807, 2.05) is 0 Å². The lowest BCUT2D eigenvalue weighted by Crippen LogP contribution is -2.49. The van der Waals surface area contributed by atoms with Gasteiger partial charge in [0, 0.05) is 37.1 Å². The molecule has 0 aromatic heterocycles. The summed E-state index contributed by atoms with van der Waals surface area (Å²) in [4.78, 5) is 26.8. The Morgan fingerprint density at radius 1 is 0.446 bits per heavy atom. The Morgan fingerprint density at radius 2 is 0.708 bits per heavy atom. The molecule has 1 fully saturated rings. The number of alkyl halides is 6. The van der Waals surface area contributed by atoms with E-state index in [-0.39, 0.29) is 48.6 Å². The zero-order chi connectivity index (χ0) is 47.4. The topological polar surface area (TPSA) is 58.2 Å². The molecule has 12 heteroatoms. The molecule has 372 valence electrons. The quantitative estimate of drug-likeness (QED) is 0.0485. The van der Waals surface area contributed by atoms with Crippen molar-refractivity contribution >= 4 is 35.3 Å². The highest BCUT2D eigenvalue weighted by molar-refractivity contribution is 8.09. The number of halogens is 6. The summed E-state index contributed by atoms with van der Waals surface area (Å²) in [5.74, 6) is -16.2. The van der Waals surface area contributed by atoms with Gasteiger partial charge in [-0.25, -0.2) is 0 Å². The van der Waals surface area contributed by atoms with Crippen LogP contribution in [-0.2, 0) is 9.59 Å². The molecule has 4 rings (SSSR count). The number of unbranched alkanes of at least 4 members (excludes halogenated alkanes) is 26. The Kier molecular flexibility index (Phi) is 23.5. The molecule has 2 N–H and O–H groups in total. The zero-order valence-corrected chi connectivity index (χ0v) is 42.2. The van der Waals surface area contributed by atoms with Crippen LogP contribution >= 0.6 is 23.5 Å². The molecule has 2 atom stereocenters. The number of fused-ring (bicyclic) bond motifs is 4. The number of carbonyl (C=O) groups is 2. The molecule has 0 radical (unpaired) electrons. The standard InChI is InChI=1S/C53H84F6N2O2S2/c1-5-7-9-11-13-15-17-19-21-23-25-27-29-31-37-60-45(62)35-33-41-39-43-47-48(52(56,57)53(58,59)51(47,54)55)44-40-42(65-50(44,4)49(43,3)64-41)34-36-46(63)61-38-32-30-28-26-24-22-20-18-16-14-12-10-8-6-2/h39-40H,5-38H2,1-4H3,(H,60,62)(H,61,63). The monoisotopic (exact) mass is 959 g/mol. The smallest absolute Gasteiger partial charge is 0.356 e. The summed E-state index contributed by atoms with van der Waals surface area (Å²) < 4.78 is 90.8. The van der Waals surface area contributed by atoms with Crippen LogP contribution in [0.1, 0.15) is 233 Å². The van der Waals surface area contributed by atoms with Crippen molar-refractivity contribution in [2.75, 3.05) is 13.1 Å². The summed E-state index contributed by atoms with van der Waals surface area (Å²) in [6.45, 7) is 8.87. The molecule has 4 aliphatic rings. The number of hydrogen-bond acceptors (Lipinski definition) is 4. The van der Waals surface area contributed by atoms with E-state index in [9.17, 15) is 9.59 Å². The maximum Gasteiger partial charge on any atom is 0.380 e. The summed E-state index contributed by atoms with van der Waals surface area (Å²) >= 11 is 2.40. The Hall–Kier alpha value is -1.82. The summed E-state index contributed by atoms with van der Waals surface area (Å²) in [5, 5.41) is 5.89. The average molecular weight is 959 g/mol. The van der Waals surface area contributed by atoms with Crippen LogP contribution in [0.25, 0.3) is 0 Å². The third-order valence-corrected chi connectivity index (χ3v) is 17.7. The lowest BCUT2D eigenvalue weighted by atomic mass is 9.71. The fourth-order valence-corrected chi connectivity index (χ4v) is 13.3. The number of carbonyl (C=O) groups excluding carboxylic acids is 2. The molecule has 65 heavy (non-hydrogen) atoms. The number of amides is 2. The van der Waals surface area contributed by atoms with Crippen molar-refractivity contribution in [2.24, 2.45) is 0 Å². The summed E-state index contributed by atoms with van der Waals surface area (Å²) in [6, 6.07) is 0. The molecular formula is C53H84F6N2O2S2. The van der Waals surface area contributed by atoms with Crippen LogP contribution in [0.15, 0.2) is 44.3 Å². The number of rotatable bonds is 36. The van der Waals surface area contributed by atoms with Gasteiger partial charge in [0.1, 0.15) is 0 Å². The first kappa shape index (κ1) is 55.8. The van der Waals surface area contributed by atoms with Gasteiger partial charge in [-0.05, 0) is 72.6 Å². The SMILES string of the molecule is CCCCCCCCCCCCCCCCNC(=O)CCC1=CC2=C3C(=C4C=C(CCC(=O)NCCCCCCCCCCCCCCCC)SC4(C)C2(C)S1)C(F)(F)C(F)(F)C3(F)F. The number of allylic oxidation sites excluding steroid dienone is 6. The lowest BCUT2D eigenvalue weighted by molar-refractivity contribution is -0.258. The van der Waals surface area contributed by atoms with E-state index in [0.717, 1.165) is 38.5 Å². The van der Waals surface area contributed by atoms with Gasteiger partial charge in [0.15, 0.2) is 0 Å². The lowest BCUT2D eigenvalue weighted by Gasteiger charge is -2.47. The highest BCUT2D eigenvalue weighted by Gasteiger charge is 2.84. The van der Waals surface area contributed by atoms with Crippen LogP contribution in [0.3, 0.4) is 0 Å². The van der Waals surface area contributed by atoms with Gasteiger partial charge in [0.05, 0.1) is 9.49 Å². The third kappa shape index (κ3) is 14.8. The Morgan fingerprint density at radius 3 is 0.985 bits per heavy atom. The molecule has 0 spiro atoms.